The van der Waals surface area contributed by atoms with E-state index >= 15 is 0 Å². The van der Waals surface area contributed by atoms with Crippen LogP contribution in [0.5, 0.6) is 0 Å². The summed E-state index contributed by atoms with van der Waals surface area (Å²) >= 11 is 0. The Labute approximate surface area is 266 Å². The zero-order chi connectivity index (χ0) is 33.2. The van der Waals surface area contributed by atoms with Crippen molar-refractivity contribution >= 4 is 29.5 Å². The molecular weight excluding hydrogens is 600 g/mol. The number of benzene rings is 2. The summed E-state index contributed by atoms with van der Waals surface area (Å²) in [5.74, 6) is -3.08. The third-order valence-electron chi connectivity index (χ3n) is 7.77. The lowest BCUT2D eigenvalue weighted by atomic mass is 9.99. The Morgan fingerprint density at radius 2 is 1.76 bits per heavy atom. The molecule has 0 radical (unpaired) electrons. The molecule has 4 N–H and O–H groups in total. The molecule has 1 fully saturated rings. The fourth-order valence-electron chi connectivity index (χ4n) is 5.40. The van der Waals surface area contributed by atoms with E-state index in [1.807, 2.05) is 36.4 Å². The van der Waals surface area contributed by atoms with E-state index in [4.69, 9.17) is 18.9 Å². The van der Waals surface area contributed by atoms with Gasteiger partial charge in [-0.1, -0.05) is 61.2 Å². The monoisotopic (exact) mass is 640 g/mol. The lowest BCUT2D eigenvalue weighted by Gasteiger charge is -2.38. The summed E-state index contributed by atoms with van der Waals surface area (Å²) in [6, 6.07) is 14.9. The van der Waals surface area contributed by atoms with Gasteiger partial charge in [-0.25, -0.2) is 4.79 Å². The SMILES string of the molecule is C=CCOC(=O)C1O[C@@H](OC(=O)CN2C(=O)[C@@H](N[C@@H](CCc3ccccc3)C(=O)OCC)CCc3ccccc32)C(O)C(O)[C@@H]1O. The second-order valence-electron chi connectivity index (χ2n) is 10.9. The van der Waals surface area contributed by atoms with Crippen molar-refractivity contribution in [3.63, 3.8) is 0 Å². The first-order valence-electron chi connectivity index (χ1n) is 15.2. The second-order valence-corrected chi connectivity index (χ2v) is 10.9. The molecule has 1 amide bonds. The molecule has 13 nitrogen and oxygen atoms in total. The number of carbonyl (C=O) groups excluding carboxylic acids is 4. The number of fused-ring (bicyclic) bond motifs is 1. The first-order valence-corrected chi connectivity index (χ1v) is 15.2. The Kier molecular flexibility index (Phi) is 12.4. The molecule has 4 rings (SSSR count). The van der Waals surface area contributed by atoms with Gasteiger partial charge in [0.05, 0.1) is 12.6 Å². The van der Waals surface area contributed by atoms with E-state index in [9.17, 15) is 34.5 Å². The molecule has 46 heavy (non-hydrogen) atoms. The molecule has 2 aromatic carbocycles. The van der Waals surface area contributed by atoms with Crippen LogP contribution in [0.4, 0.5) is 5.69 Å². The molecule has 2 heterocycles. The minimum atomic E-state index is -1.90. The van der Waals surface area contributed by atoms with Crippen LogP contribution in [0.3, 0.4) is 0 Å². The third-order valence-corrected chi connectivity index (χ3v) is 7.77. The summed E-state index contributed by atoms with van der Waals surface area (Å²) < 4.78 is 20.8. The number of amides is 1. The van der Waals surface area contributed by atoms with E-state index in [1.165, 1.54) is 11.0 Å². The molecule has 0 spiro atoms. The topological polar surface area (TPSA) is 181 Å². The van der Waals surface area contributed by atoms with Crippen molar-refractivity contribution in [3.8, 4) is 0 Å². The lowest BCUT2D eigenvalue weighted by Crippen LogP contribution is -2.61. The first-order chi connectivity index (χ1) is 22.1. The maximum absolute atomic E-state index is 14.0. The van der Waals surface area contributed by atoms with Crippen LogP contribution in [0, 0.1) is 0 Å². The smallest absolute Gasteiger partial charge is 0.338 e. The van der Waals surface area contributed by atoms with Crippen LogP contribution in [0.1, 0.15) is 30.9 Å². The van der Waals surface area contributed by atoms with Crippen LogP contribution in [-0.2, 0) is 51.0 Å². The number of nitrogens with zero attached hydrogens (tertiary/aromatic N) is 1. The molecular formula is C33H40N2O11. The normalized spacial score (nSPS) is 25.0. The number of anilines is 1. The first kappa shape index (κ1) is 34.7. The number of para-hydroxylation sites is 1. The van der Waals surface area contributed by atoms with E-state index in [0.717, 1.165) is 11.1 Å². The fraction of sp³-hybridized carbons (Fsp3) is 0.455. The van der Waals surface area contributed by atoms with Gasteiger partial charge in [-0.15, -0.1) is 0 Å². The van der Waals surface area contributed by atoms with Gasteiger partial charge in [0.25, 0.3) is 0 Å². The minimum Gasteiger partial charge on any atom is -0.465 e. The molecule has 2 aromatic rings. The van der Waals surface area contributed by atoms with Gasteiger partial charge in [0.2, 0.25) is 12.2 Å². The van der Waals surface area contributed by atoms with E-state index in [1.54, 1.807) is 25.1 Å². The molecule has 0 aliphatic carbocycles. The summed E-state index contributed by atoms with van der Waals surface area (Å²) in [5.41, 5.74) is 2.25. The summed E-state index contributed by atoms with van der Waals surface area (Å²) in [6.45, 7) is 4.46. The Morgan fingerprint density at radius 3 is 2.48 bits per heavy atom. The molecule has 2 aliphatic heterocycles. The van der Waals surface area contributed by atoms with Crippen molar-refractivity contribution in [2.45, 2.75) is 75.4 Å². The third kappa shape index (κ3) is 8.56. The Hall–Kier alpha value is -4.14. The number of aliphatic hydroxyl groups excluding tert-OH is 3. The van der Waals surface area contributed by atoms with Gasteiger partial charge < -0.3 is 34.3 Å². The van der Waals surface area contributed by atoms with Crippen molar-refractivity contribution in [2.24, 2.45) is 0 Å². The number of hydrogen-bond donors (Lipinski definition) is 4. The van der Waals surface area contributed by atoms with Crippen LogP contribution in [-0.4, -0.2) is 102 Å². The number of rotatable bonds is 13. The molecule has 248 valence electrons. The number of aliphatic hydroxyl groups is 3. The van der Waals surface area contributed by atoms with Gasteiger partial charge in [0.1, 0.15) is 37.5 Å². The van der Waals surface area contributed by atoms with Crippen LogP contribution in [0.2, 0.25) is 0 Å². The molecule has 2 aliphatic rings. The van der Waals surface area contributed by atoms with Crippen molar-refractivity contribution in [2.75, 3.05) is 24.7 Å². The number of ether oxygens (including phenoxy) is 4. The summed E-state index contributed by atoms with van der Waals surface area (Å²) in [4.78, 5) is 53.8. The maximum Gasteiger partial charge on any atom is 0.338 e. The molecule has 0 bridgehead atoms. The fourth-order valence-corrected chi connectivity index (χ4v) is 5.40. The average molecular weight is 641 g/mol. The largest absolute Gasteiger partial charge is 0.465 e. The highest BCUT2D eigenvalue weighted by Gasteiger charge is 2.49. The maximum atomic E-state index is 14.0. The lowest BCUT2D eigenvalue weighted by molar-refractivity contribution is -0.286. The van der Waals surface area contributed by atoms with Crippen LogP contribution >= 0.6 is 0 Å². The number of esters is 3. The molecule has 1 saturated heterocycles. The summed E-state index contributed by atoms with van der Waals surface area (Å²) in [5, 5.41) is 34.2. The number of carbonyl (C=O) groups is 4. The van der Waals surface area contributed by atoms with Crippen LogP contribution < -0.4 is 10.2 Å². The average Bonchev–Trinajstić information content (AvgIpc) is 3.18. The Balaban J connectivity index is 1.51. The van der Waals surface area contributed by atoms with Crippen molar-refractivity contribution in [3.05, 3.63) is 78.4 Å². The highest BCUT2D eigenvalue weighted by atomic mass is 16.7. The molecule has 7 atom stereocenters. The van der Waals surface area contributed by atoms with Crippen LogP contribution in [0.15, 0.2) is 67.3 Å². The zero-order valence-electron chi connectivity index (χ0n) is 25.5. The van der Waals surface area contributed by atoms with Crippen molar-refractivity contribution in [1.82, 2.24) is 5.32 Å². The van der Waals surface area contributed by atoms with Crippen LogP contribution in [0.25, 0.3) is 0 Å². The predicted molar refractivity (Wildman–Crippen MR) is 163 cm³/mol. The second kappa shape index (κ2) is 16.4. The van der Waals surface area contributed by atoms with Gasteiger partial charge in [-0.2, -0.15) is 0 Å². The van der Waals surface area contributed by atoms with E-state index in [2.05, 4.69) is 11.9 Å². The van der Waals surface area contributed by atoms with E-state index in [0.29, 0.717) is 31.4 Å². The minimum absolute atomic E-state index is 0.165. The molecule has 0 saturated carbocycles. The van der Waals surface area contributed by atoms with E-state index < -0.39 is 73.1 Å². The zero-order valence-corrected chi connectivity index (χ0v) is 25.5. The molecule has 13 heteroatoms. The Bertz CT molecular complexity index is 1370. The highest BCUT2D eigenvalue weighted by molar-refractivity contribution is 6.02. The van der Waals surface area contributed by atoms with Crippen molar-refractivity contribution < 1.29 is 53.4 Å². The van der Waals surface area contributed by atoms with Gasteiger partial charge in [-0.3, -0.25) is 24.6 Å². The molecule has 0 aromatic heterocycles. The van der Waals surface area contributed by atoms with Gasteiger partial charge in [-0.05, 0) is 49.8 Å². The summed E-state index contributed by atoms with van der Waals surface area (Å²) in [6.07, 6.45) is -6.30. The highest BCUT2D eigenvalue weighted by Crippen LogP contribution is 2.28. The number of hydrogen-bond acceptors (Lipinski definition) is 12. The number of nitrogens with one attached hydrogen (secondary N) is 1. The predicted octanol–water partition coefficient (Wildman–Crippen LogP) is 0.569. The van der Waals surface area contributed by atoms with Gasteiger partial charge in [0, 0.05) is 5.69 Å². The van der Waals surface area contributed by atoms with Gasteiger partial charge in [0.15, 0.2) is 6.10 Å². The number of aryl methyl sites for hydroxylation is 2. The quantitative estimate of drug-likeness (QED) is 0.136. The molecule has 3 unspecified atom stereocenters. The Morgan fingerprint density at radius 1 is 1.04 bits per heavy atom. The van der Waals surface area contributed by atoms with E-state index in [-0.39, 0.29) is 13.2 Å². The standard InChI is InChI=1S/C33H40N2O11/c1-3-18-44-32(42)29-27(38)26(37)28(39)33(46-29)45-25(36)19-35-24-13-9-8-12-21(24)15-17-22(30(35)40)34-23(31(41)43-4-2)16-14-20-10-6-5-7-11-20/h3,5-13,22-23,26-29,33-34,37-39H,1,4,14-19H2,2H3/t22-,23-,26?,27-,28?,29?,33+/m0/s1. The summed E-state index contributed by atoms with van der Waals surface area (Å²) in [7, 11) is 0. The van der Waals surface area contributed by atoms with Crippen molar-refractivity contribution in [1.29, 1.82) is 0 Å². The van der Waals surface area contributed by atoms with Gasteiger partial charge >= 0.3 is 17.9 Å².